The predicted molar refractivity (Wildman–Crippen MR) is 58.9 cm³/mol. The summed E-state index contributed by atoms with van der Waals surface area (Å²) in [6.07, 6.45) is 0. The summed E-state index contributed by atoms with van der Waals surface area (Å²) in [7, 11) is 1.41. The molecule has 0 radical (unpaired) electrons. The molecular formula is C11H6ClFN2O. The zero-order valence-electron chi connectivity index (χ0n) is 8.29. The maximum absolute atomic E-state index is 13.5. The second-order valence-electron chi connectivity index (χ2n) is 3.30. The molecule has 80 valence electrons. The van der Waals surface area contributed by atoms with Gasteiger partial charge in [-0.2, -0.15) is 5.26 Å². The highest BCUT2D eigenvalue weighted by atomic mass is 35.5. The highest BCUT2D eigenvalue weighted by molar-refractivity contribution is 6.36. The van der Waals surface area contributed by atoms with Gasteiger partial charge >= 0.3 is 0 Å². The molecule has 2 aromatic rings. The molecule has 0 atom stereocenters. The quantitative estimate of drug-likeness (QED) is 0.704. The van der Waals surface area contributed by atoms with Crippen LogP contribution in [0.4, 0.5) is 4.39 Å². The van der Waals surface area contributed by atoms with Crippen LogP contribution in [0.3, 0.4) is 0 Å². The molecule has 0 saturated heterocycles. The maximum atomic E-state index is 13.5. The van der Waals surface area contributed by atoms with Gasteiger partial charge in [-0.05, 0) is 6.07 Å². The Morgan fingerprint density at radius 1 is 1.50 bits per heavy atom. The number of halogens is 2. The minimum atomic E-state index is -0.592. The van der Waals surface area contributed by atoms with E-state index < -0.39 is 11.4 Å². The Morgan fingerprint density at radius 2 is 2.19 bits per heavy atom. The van der Waals surface area contributed by atoms with Crippen LogP contribution in [0.5, 0.6) is 0 Å². The number of pyridine rings is 1. The number of fused-ring (bicyclic) bond motifs is 1. The molecule has 0 spiro atoms. The molecular weight excluding hydrogens is 231 g/mol. The molecule has 0 N–H and O–H groups in total. The van der Waals surface area contributed by atoms with Gasteiger partial charge in [0, 0.05) is 12.4 Å². The van der Waals surface area contributed by atoms with Gasteiger partial charge in [0.2, 0.25) is 0 Å². The molecule has 1 aromatic carbocycles. The summed E-state index contributed by atoms with van der Waals surface area (Å²) in [5.41, 5.74) is -0.649. The number of nitriles is 1. The highest BCUT2D eigenvalue weighted by Crippen LogP contribution is 2.25. The van der Waals surface area contributed by atoms with Gasteiger partial charge in [-0.3, -0.25) is 4.79 Å². The number of benzene rings is 1. The van der Waals surface area contributed by atoms with E-state index in [4.69, 9.17) is 16.9 Å². The van der Waals surface area contributed by atoms with E-state index in [0.29, 0.717) is 5.39 Å². The third-order valence-corrected chi connectivity index (χ3v) is 2.80. The lowest BCUT2D eigenvalue weighted by atomic mass is 10.1. The van der Waals surface area contributed by atoms with E-state index in [1.54, 1.807) is 12.1 Å². The van der Waals surface area contributed by atoms with E-state index >= 15 is 0 Å². The van der Waals surface area contributed by atoms with Gasteiger partial charge in [-0.1, -0.05) is 23.7 Å². The molecule has 0 aliphatic carbocycles. The highest BCUT2D eigenvalue weighted by Gasteiger charge is 2.15. The van der Waals surface area contributed by atoms with Crippen LogP contribution >= 0.6 is 11.6 Å². The van der Waals surface area contributed by atoms with E-state index in [0.717, 1.165) is 4.57 Å². The van der Waals surface area contributed by atoms with E-state index in [9.17, 15) is 9.18 Å². The standard InChI is InChI=1S/C11H6ClFN2O/c1-15-10-6(3-2-4-8(10)13)9(12)7(5-14)11(15)16/h2-4H,1H3. The monoisotopic (exact) mass is 236 g/mol. The maximum Gasteiger partial charge on any atom is 0.270 e. The topological polar surface area (TPSA) is 45.8 Å². The van der Waals surface area contributed by atoms with Gasteiger partial charge < -0.3 is 4.57 Å². The summed E-state index contributed by atoms with van der Waals surface area (Å²) >= 11 is 5.89. The van der Waals surface area contributed by atoms with Crippen molar-refractivity contribution in [2.24, 2.45) is 7.05 Å². The van der Waals surface area contributed by atoms with Crippen LogP contribution in [0.15, 0.2) is 23.0 Å². The number of aromatic nitrogens is 1. The lowest BCUT2D eigenvalue weighted by molar-refractivity contribution is 0.629. The van der Waals surface area contributed by atoms with Crippen LogP contribution in [0, 0.1) is 17.1 Å². The van der Waals surface area contributed by atoms with Gasteiger partial charge in [0.05, 0.1) is 10.5 Å². The van der Waals surface area contributed by atoms with Gasteiger partial charge in [0.25, 0.3) is 5.56 Å². The first-order chi connectivity index (χ1) is 7.57. The van der Waals surface area contributed by atoms with Gasteiger partial charge in [-0.25, -0.2) is 4.39 Å². The van der Waals surface area contributed by atoms with E-state index in [2.05, 4.69) is 0 Å². The number of para-hydroxylation sites is 1. The summed E-state index contributed by atoms with van der Waals surface area (Å²) in [4.78, 5) is 11.7. The molecule has 0 bridgehead atoms. The van der Waals surface area contributed by atoms with Crippen molar-refractivity contribution < 1.29 is 4.39 Å². The van der Waals surface area contributed by atoms with Gasteiger partial charge in [0.1, 0.15) is 17.4 Å². The van der Waals surface area contributed by atoms with Crippen molar-refractivity contribution in [1.29, 1.82) is 5.26 Å². The third kappa shape index (κ3) is 1.29. The Labute approximate surface area is 95.3 Å². The van der Waals surface area contributed by atoms with Crippen LogP contribution in [-0.2, 0) is 7.05 Å². The van der Waals surface area contributed by atoms with Crippen LogP contribution in [0.1, 0.15) is 5.56 Å². The number of nitrogens with zero attached hydrogens (tertiary/aromatic N) is 2. The van der Waals surface area contributed by atoms with Crippen molar-refractivity contribution in [3.63, 3.8) is 0 Å². The fourth-order valence-electron chi connectivity index (χ4n) is 1.63. The Morgan fingerprint density at radius 3 is 2.81 bits per heavy atom. The third-order valence-electron chi connectivity index (χ3n) is 2.41. The Kier molecular flexibility index (Phi) is 2.41. The lowest BCUT2D eigenvalue weighted by Gasteiger charge is -2.08. The second kappa shape index (κ2) is 3.62. The lowest BCUT2D eigenvalue weighted by Crippen LogP contribution is -2.21. The van der Waals surface area contributed by atoms with Gasteiger partial charge in [0.15, 0.2) is 0 Å². The molecule has 1 aromatic heterocycles. The Bertz CT molecular complexity index is 685. The van der Waals surface area contributed by atoms with E-state index in [1.165, 1.54) is 19.2 Å². The molecule has 3 nitrogen and oxygen atoms in total. The molecule has 0 amide bonds. The fraction of sp³-hybridized carbons (Fsp3) is 0.0909. The SMILES string of the molecule is Cn1c(=O)c(C#N)c(Cl)c2cccc(F)c21. The van der Waals surface area contributed by atoms with Crippen LogP contribution in [0.25, 0.3) is 10.9 Å². The molecule has 5 heteroatoms. The predicted octanol–water partition coefficient (Wildman–Crippen LogP) is 2.20. The number of hydrogen-bond donors (Lipinski definition) is 0. The minimum absolute atomic E-state index is 0.0000926. The van der Waals surface area contributed by atoms with Crippen LogP contribution in [-0.4, -0.2) is 4.57 Å². The smallest absolute Gasteiger partial charge is 0.270 e. The number of rotatable bonds is 0. The van der Waals surface area contributed by atoms with Crippen molar-refractivity contribution in [2.75, 3.05) is 0 Å². The van der Waals surface area contributed by atoms with Crippen molar-refractivity contribution in [3.05, 3.63) is 45.0 Å². The molecule has 1 heterocycles. The normalized spacial score (nSPS) is 10.4. The largest absolute Gasteiger partial charge is 0.307 e. The average Bonchev–Trinajstić information content (AvgIpc) is 2.27. The van der Waals surface area contributed by atoms with E-state index in [1.807, 2.05) is 0 Å². The minimum Gasteiger partial charge on any atom is -0.307 e. The van der Waals surface area contributed by atoms with Crippen molar-refractivity contribution >= 4 is 22.5 Å². The van der Waals surface area contributed by atoms with Gasteiger partial charge in [-0.15, -0.1) is 0 Å². The zero-order valence-corrected chi connectivity index (χ0v) is 9.05. The zero-order chi connectivity index (χ0) is 11.9. The van der Waals surface area contributed by atoms with Crippen LogP contribution < -0.4 is 5.56 Å². The fourth-order valence-corrected chi connectivity index (χ4v) is 1.90. The summed E-state index contributed by atoms with van der Waals surface area (Å²) < 4.78 is 14.6. The molecule has 0 unspecified atom stereocenters. The molecule has 0 aliphatic rings. The molecule has 0 saturated carbocycles. The molecule has 16 heavy (non-hydrogen) atoms. The summed E-state index contributed by atoms with van der Waals surface area (Å²) in [5.74, 6) is -0.538. The number of aryl methyl sites for hydroxylation is 1. The first-order valence-corrected chi connectivity index (χ1v) is 4.82. The van der Waals surface area contributed by atoms with Crippen LogP contribution in [0.2, 0.25) is 5.02 Å². The van der Waals surface area contributed by atoms with Crippen molar-refractivity contribution in [2.45, 2.75) is 0 Å². The first-order valence-electron chi connectivity index (χ1n) is 4.44. The molecule has 2 rings (SSSR count). The first kappa shape index (κ1) is 10.7. The molecule has 0 aliphatic heterocycles. The average molecular weight is 237 g/mol. The Balaban J connectivity index is 3.16. The summed E-state index contributed by atoms with van der Waals surface area (Å²) in [6, 6.07) is 6.02. The Hall–Kier alpha value is -1.86. The summed E-state index contributed by atoms with van der Waals surface area (Å²) in [5, 5.41) is 9.17. The van der Waals surface area contributed by atoms with Crippen molar-refractivity contribution in [3.8, 4) is 6.07 Å². The van der Waals surface area contributed by atoms with Crippen molar-refractivity contribution in [1.82, 2.24) is 4.57 Å². The number of hydrogen-bond acceptors (Lipinski definition) is 2. The summed E-state index contributed by atoms with van der Waals surface area (Å²) in [6.45, 7) is 0. The van der Waals surface area contributed by atoms with E-state index in [-0.39, 0.29) is 16.1 Å². The molecule has 0 fully saturated rings. The second-order valence-corrected chi connectivity index (χ2v) is 3.68.